The summed E-state index contributed by atoms with van der Waals surface area (Å²) < 4.78 is 0. The van der Waals surface area contributed by atoms with Crippen LogP contribution in [-0.2, 0) is 24.0 Å². The second-order valence-electron chi connectivity index (χ2n) is 7.72. The van der Waals surface area contributed by atoms with Crippen molar-refractivity contribution in [3.63, 3.8) is 0 Å². The standard InChI is InChI=1S/C19H33N7O7/c1-10(18(32)33)24-16(30)12(5-3-9-23-19(20)21)25-17(31)13(6-7-14(27)28)26-15(29)11-4-2-8-22-11/h10-13,22H,2-9H2,1H3,(H,24,30)(H,25,31)(H,26,29)(H,27,28)(H,32,33)(H4,20,21,23). The monoisotopic (exact) mass is 471 g/mol. The number of nitrogens with zero attached hydrogens (tertiary/aromatic N) is 1. The van der Waals surface area contributed by atoms with Gasteiger partial charge >= 0.3 is 11.9 Å². The van der Waals surface area contributed by atoms with Gasteiger partial charge in [0.2, 0.25) is 17.7 Å². The van der Waals surface area contributed by atoms with E-state index in [1.54, 1.807) is 0 Å². The fourth-order valence-corrected chi connectivity index (χ4v) is 3.14. The molecule has 14 heteroatoms. The van der Waals surface area contributed by atoms with Crippen molar-refractivity contribution in [3.8, 4) is 0 Å². The molecule has 10 N–H and O–H groups in total. The maximum Gasteiger partial charge on any atom is 0.325 e. The summed E-state index contributed by atoms with van der Waals surface area (Å²) in [6.45, 7) is 2.09. The summed E-state index contributed by atoms with van der Waals surface area (Å²) in [5.41, 5.74) is 10.5. The predicted octanol–water partition coefficient (Wildman–Crippen LogP) is -2.78. The Bertz CT molecular complexity index is 749. The van der Waals surface area contributed by atoms with Crippen molar-refractivity contribution >= 4 is 35.6 Å². The predicted molar refractivity (Wildman–Crippen MR) is 117 cm³/mol. The fourth-order valence-electron chi connectivity index (χ4n) is 3.14. The Morgan fingerprint density at radius 2 is 1.67 bits per heavy atom. The van der Waals surface area contributed by atoms with E-state index in [1.165, 1.54) is 6.92 Å². The van der Waals surface area contributed by atoms with E-state index in [1.807, 2.05) is 0 Å². The molecule has 1 heterocycles. The molecule has 4 unspecified atom stereocenters. The molecule has 1 fully saturated rings. The summed E-state index contributed by atoms with van der Waals surface area (Å²) in [5, 5.41) is 28.3. The Balaban J connectivity index is 2.90. The second-order valence-corrected chi connectivity index (χ2v) is 7.72. The number of carboxylic acid groups (broad SMARTS) is 2. The van der Waals surface area contributed by atoms with Crippen molar-refractivity contribution < 1.29 is 34.2 Å². The first-order valence-corrected chi connectivity index (χ1v) is 10.7. The lowest BCUT2D eigenvalue weighted by Crippen LogP contribution is -2.56. The van der Waals surface area contributed by atoms with Gasteiger partial charge in [-0.15, -0.1) is 0 Å². The van der Waals surface area contributed by atoms with Crippen LogP contribution in [0.15, 0.2) is 4.99 Å². The zero-order valence-corrected chi connectivity index (χ0v) is 18.5. The number of rotatable bonds is 14. The average Bonchev–Trinajstić information content (AvgIpc) is 3.27. The van der Waals surface area contributed by atoms with Gasteiger partial charge in [0, 0.05) is 13.0 Å². The SMILES string of the molecule is CC(NC(=O)C(CCCN=C(N)N)NC(=O)C(CCC(=O)O)NC(=O)C1CCCN1)C(=O)O. The molecule has 186 valence electrons. The van der Waals surface area contributed by atoms with E-state index >= 15 is 0 Å². The maximum absolute atomic E-state index is 12.9. The van der Waals surface area contributed by atoms with Gasteiger partial charge in [0.1, 0.15) is 18.1 Å². The normalized spacial score (nSPS) is 17.8. The summed E-state index contributed by atoms with van der Waals surface area (Å²) in [6.07, 6.45) is 1.17. The number of carbonyl (C=O) groups excluding carboxylic acids is 3. The van der Waals surface area contributed by atoms with E-state index < -0.39 is 53.8 Å². The number of hydrogen-bond donors (Lipinski definition) is 8. The second kappa shape index (κ2) is 13.9. The first-order valence-electron chi connectivity index (χ1n) is 10.7. The number of carboxylic acids is 2. The molecule has 4 atom stereocenters. The highest BCUT2D eigenvalue weighted by atomic mass is 16.4. The molecular formula is C19H33N7O7. The van der Waals surface area contributed by atoms with Gasteiger partial charge in [-0.3, -0.25) is 29.0 Å². The summed E-state index contributed by atoms with van der Waals surface area (Å²) >= 11 is 0. The van der Waals surface area contributed by atoms with Crippen molar-refractivity contribution in [3.05, 3.63) is 0 Å². The number of carbonyl (C=O) groups is 5. The summed E-state index contributed by atoms with van der Waals surface area (Å²) in [7, 11) is 0. The highest BCUT2D eigenvalue weighted by Gasteiger charge is 2.31. The van der Waals surface area contributed by atoms with Crippen LogP contribution in [0.2, 0.25) is 0 Å². The molecule has 1 rings (SSSR count). The van der Waals surface area contributed by atoms with Gasteiger partial charge in [-0.1, -0.05) is 0 Å². The molecule has 0 aromatic heterocycles. The Hall–Kier alpha value is -3.42. The van der Waals surface area contributed by atoms with Crippen LogP contribution in [0.25, 0.3) is 0 Å². The highest BCUT2D eigenvalue weighted by molar-refractivity contribution is 5.94. The molecular weight excluding hydrogens is 438 g/mol. The zero-order valence-electron chi connectivity index (χ0n) is 18.5. The Morgan fingerprint density at radius 3 is 2.21 bits per heavy atom. The first kappa shape index (κ1) is 27.6. The molecule has 1 saturated heterocycles. The third kappa shape index (κ3) is 10.6. The number of nitrogens with two attached hydrogens (primary N) is 2. The number of nitrogens with one attached hydrogen (secondary N) is 4. The topological polar surface area (TPSA) is 238 Å². The quantitative estimate of drug-likeness (QED) is 0.0736. The van der Waals surface area contributed by atoms with Crippen LogP contribution < -0.4 is 32.7 Å². The van der Waals surface area contributed by atoms with Crippen molar-refractivity contribution in [2.45, 2.75) is 69.6 Å². The molecule has 3 amide bonds. The lowest BCUT2D eigenvalue weighted by molar-refractivity contribution is -0.141. The highest BCUT2D eigenvalue weighted by Crippen LogP contribution is 2.08. The minimum Gasteiger partial charge on any atom is -0.481 e. The van der Waals surface area contributed by atoms with Crippen LogP contribution in [0.4, 0.5) is 0 Å². The van der Waals surface area contributed by atoms with Gasteiger partial charge in [-0.2, -0.15) is 0 Å². The van der Waals surface area contributed by atoms with Crippen LogP contribution in [0, 0.1) is 0 Å². The minimum atomic E-state index is -1.26. The van der Waals surface area contributed by atoms with Crippen LogP contribution in [0.5, 0.6) is 0 Å². The van der Waals surface area contributed by atoms with Gasteiger partial charge in [0.05, 0.1) is 6.04 Å². The van der Waals surface area contributed by atoms with E-state index in [9.17, 15) is 24.0 Å². The van der Waals surface area contributed by atoms with Gasteiger partial charge in [-0.25, -0.2) is 0 Å². The Kier molecular flexibility index (Phi) is 11.6. The zero-order chi connectivity index (χ0) is 25.0. The molecule has 0 aliphatic carbocycles. The summed E-state index contributed by atoms with van der Waals surface area (Å²) in [4.78, 5) is 63.8. The molecule has 1 aliphatic heterocycles. The molecule has 0 bridgehead atoms. The molecule has 0 aromatic carbocycles. The van der Waals surface area contributed by atoms with Gasteiger partial charge in [-0.05, 0) is 45.6 Å². The molecule has 0 radical (unpaired) electrons. The van der Waals surface area contributed by atoms with Crippen molar-refractivity contribution in [1.29, 1.82) is 0 Å². The molecule has 1 aliphatic rings. The fraction of sp³-hybridized carbons (Fsp3) is 0.684. The maximum atomic E-state index is 12.9. The van der Waals surface area contributed by atoms with Gasteiger partial charge in [0.25, 0.3) is 0 Å². The van der Waals surface area contributed by atoms with Crippen LogP contribution in [-0.4, -0.2) is 83.1 Å². The van der Waals surface area contributed by atoms with E-state index in [4.69, 9.17) is 21.7 Å². The van der Waals surface area contributed by atoms with Crippen LogP contribution in [0.1, 0.15) is 45.4 Å². The van der Waals surface area contributed by atoms with Crippen molar-refractivity contribution in [2.75, 3.05) is 13.1 Å². The largest absolute Gasteiger partial charge is 0.481 e. The first-order chi connectivity index (χ1) is 15.5. The summed E-state index contributed by atoms with van der Waals surface area (Å²) in [5.74, 6) is -4.49. The third-order valence-corrected chi connectivity index (χ3v) is 4.96. The van der Waals surface area contributed by atoms with Crippen LogP contribution >= 0.6 is 0 Å². The van der Waals surface area contributed by atoms with E-state index in [0.717, 1.165) is 6.42 Å². The smallest absolute Gasteiger partial charge is 0.325 e. The molecule has 33 heavy (non-hydrogen) atoms. The number of amides is 3. The molecule has 0 spiro atoms. The number of guanidine groups is 1. The van der Waals surface area contributed by atoms with E-state index in [0.29, 0.717) is 13.0 Å². The van der Waals surface area contributed by atoms with Crippen LogP contribution in [0.3, 0.4) is 0 Å². The lowest BCUT2D eigenvalue weighted by Gasteiger charge is -2.24. The summed E-state index contributed by atoms with van der Waals surface area (Å²) in [6, 6.07) is -4.03. The molecule has 14 nitrogen and oxygen atoms in total. The lowest BCUT2D eigenvalue weighted by atomic mass is 10.1. The Labute approximate surface area is 190 Å². The average molecular weight is 472 g/mol. The number of aliphatic carboxylic acids is 2. The van der Waals surface area contributed by atoms with Crippen molar-refractivity contribution in [2.24, 2.45) is 16.5 Å². The van der Waals surface area contributed by atoms with Crippen molar-refractivity contribution in [1.82, 2.24) is 21.3 Å². The van der Waals surface area contributed by atoms with Gasteiger partial charge in [0.15, 0.2) is 5.96 Å². The third-order valence-electron chi connectivity index (χ3n) is 4.96. The van der Waals surface area contributed by atoms with E-state index in [2.05, 4.69) is 26.3 Å². The van der Waals surface area contributed by atoms with E-state index in [-0.39, 0.29) is 38.2 Å². The number of hydrogen-bond acceptors (Lipinski definition) is 7. The number of aliphatic imine (C=N–C) groups is 1. The minimum absolute atomic E-state index is 0.0739. The van der Waals surface area contributed by atoms with Gasteiger partial charge < -0.3 is 42.9 Å². The Morgan fingerprint density at radius 1 is 1.03 bits per heavy atom. The molecule has 0 aromatic rings. The molecule has 0 saturated carbocycles.